The van der Waals surface area contributed by atoms with Crippen LogP contribution in [-0.2, 0) is 0 Å². The third kappa shape index (κ3) is 4.07. The van der Waals surface area contributed by atoms with Crippen molar-refractivity contribution >= 4 is 0 Å². The Labute approximate surface area is 124 Å². The molecule has 0 bridgehead atoms. The molecular weight excluding hydrogens is 244 g/mol. The highest BCUT2D eigenvalue weighted by Crippen LogP contribution is 2.28. The van der Waals surface area contributed by atoms with Gasteiger partial charge in [0.2, 0.25) is 0 Å². The van der Waals surface area contributed by atoms with Crippen molar-refractivity contribution in [2.75, 3.05) is 19.6 Å². The van der Waals surface area contributed by atoms with Gasteiger partial charge in [-0.25, -0.2) is 0 Å². The fourth-order valence-corrected chi connectivity index (χ4v) is 3.07. The zero-order valence-corrected chi connectivity index (χ0v) is 13.7. The molecule has 112 valence electrons. The topological polar surface area (TPSA) is 15.3 Å². The monoisotopic (exact) mass is 274 g/mol. The zero-order chi connectivity index (χ0) is 14.8. The Kier molecular flexibility index (Phi) is 4.87. The van der Waals surface area contributed by atoms with Gasteiger partial charge in [0.15, 0.2) is 0 Å². The van der Waals surface area contributed by atoms with Crippen molar-refractivity contribution in [3.63, 3.8) is 0 Å². The van der Waals surface area contributed by atoms with E-state index in [0.29, 0.717) is 23.4 Å². The van der Waals surface area contributed by atoms with E-state index in [4.69, 9.17) is 0 Å². The van der Waals surface area contributed by atoms with E-state index in [1.54, 1.807) is 0 Å². The van der Waals surface area contributed by atoms with Gasteiger partial charge >= 0.3 is 0 Å². The molecule has 2 rings (SSSR count). The Morgan fingerprint density at radius 3 is 2.40 bits per heavy atom. The molecule has 1 aromatic carbocycles. The minimum atomic E-state index is 0.339. The molecule has 1 aromatic rings. The van der Waals surface area contributed by atoms with Gasteiger partial charge in [0, 0.05) is 31.7 Å². The van der Waals surface area contributed by atoms with Crippen LogP contribution in [0, 0.1) is 11.3 Å². The van der Waals surface area contributed by atoms with Crippen LogP contribution >= 0.6 is 0 Å². The standard InChI is InChI=1S/C18H30N2/c1-14(2)16-12-20(13-18(3,4)5)17(11-19-16)15-9-7-6-8-10-15/h6-10,14,16-17,19H,11-13H2,1-5H3. The molecule has 1 heterocycles. The smallest absolute Gasteiger partial charge is 0.0473 e. The quantitative estimate of drug-likeness (QED) is 0.904. The SMILES string of the molecule is CC(C)C1CN(CC(C)(C)C)C(c2ccccc2)CN1. The van der Waals surface area contributed by atoms with Crippen LogP contribution in [0.5, 0.6) is 0 Å². The third-order valence-electron chi connectivity index (χ3n) is 4.11. The number of nitrogens with zero attached hydrogens (tertiary/aromatic N) is 1. The van der Waals surface area contributed by atoms with Crippen LogP contribution in [-0.4, -0.2) is 30.6 Å². The Morgan fingerprint density at radius 2 is 1.85 bits per heavy atom. The molecule has 1 aliphatic rings. The van der Waals surface area contributed by atoms with Gasteiger partial charge in [-0.2, -0.15) is 0 Å². The van der Waals surface area contributed by atoms with E-state index in [1.165, 1.54) is 5.56 Å². The van der Waals surface area contributed by atoms with E-state index in [2.05, 4.69) is 75.2 Å². The molecule has 1 aliphatic heterocycles. The molecular formula is C18H30N2. The molecule has 2 heteroatoms. The molecule has 1 saturated heterocycles. The molecule has 1 fully saturated rings. The lowest BCUT2D eigenvalue weighted by Crippen LogP contribution is -2.55. The summed E-state index contributed by atoms with van der Waals surface area (Å²) in [6.07, 6.45) is 0. The summed E-state index contributed by atoms with van der Waals surface area (Å²) in [5.41, 5.74) is 1.78. The zero-order valence-electron chi connectivity index (χ0n) is 13.7. The maximum absolute atomic E-state index is 3.74. The van der Waals surface area contributed by atoms with Crippen LogP contribution < -0.4 is 5.32 Å². The molecule has 0 aliphatic carbocycles. The van der Waals surface area contributed by atoms with Gasteiger partial charge in [-0.1, -0.05) is 65.0 Å². The Hall–Kier alpha value is -0.860. The van der Waals surface area contributed by atoms with Crippen molar-refractivity contribution in [2.24, 2.45) is 11.3 Å². The second kappa shape index (κ2) is 6.28. The van der Waals surface area contributed by atoms with Gasteiger partial charge in [-0.15, -0.1) is 0 Å². The molecule has 0 amide bonds. The normalized spacial score (nSPS) is 25.1. The van der Waals surface area contributed by atoms with Gasteiger partial charge in [-0.3, -0.25) is 4.90 Å². The predicted molar refractivity (Wildman–Crippen MR) is 86.8 cm³/mol. The molecule has 0 aromatic heterocycles. The summed E-state index contributed by atoms with van der Waals surface area (Å²) in [6.45, 7) is 15.0. The van der Waals surface area contributed by atoms with E-state index in [1.807, 2.05) is 0 Å². The first-order chi connectivity index (χ1) is 9.37. The van der Waals surface area contributed by atoms with Crippen molar-refractivity contribution in [2.45, 2.75) is 46.7 Å². The van der Waals surface area contributed by atoms with Gasteiger partial charge < -0.3 is 5.32 Å². The molecule has 0 saturated carbocycles. The minimum Gasteiger partial charge on any atom is -0.311 e. The van der Waals surface area contributed by atoms with Crippen molar-refractivity contribution in [1.82, 2.24) is 10.2 Å². The van der Waals surface area contributed by atoms with Crippen LogP contribution in [0.25, 0.3) is 0 Å². The van der Waals surface area contributed by atoms with E-state index < -0.39 is 0 Å². The summed E-state index contributed by atoms with van der Waals surface area (Å²) in [5.74, 6) is 0.689. The lowest BCUT2D eigenvalue weighted by atomic mass is 9.90. The molecule has 0 spiro atoms. The fraction of sp³-hybridized carbons (Fsp3) is 0.667. The van der Waals surface area contributed by atoms with Crippen LogP contribution in [0.2, 0.25) is 0 Å². The molecule has 1 N–H and O–H groups in total. The summed E-state index contributed by atoms with van der Waals surface area (Å²) in [6, 6.07) is 12.0. The van der Waals surface area contributed by atoms with Crippen molar-refractivity contribution in [3.05, 3.63) is 35.9 Å². The third-order valence-corrected chi connectivity index (χ3v) is 4.11. The van der Waals surface area contributed by atoms with E-state index in [-0.39, 0.29) is 0 Å². The van der Waals surface area contributed by atoms with Crippen LogP contribution in [0.15, 0.2) is 30.3 Å². The lowest BCUT2D eigenvalue weighted by molar-refractivity contribution is 0.0781. The van der Waals surface area contributed by atoms with E-state index in [0.717, 1.165) is 19.6 Å². The number of rotatable bonds is 3. The summed E-state index contributed by atoms with van der Waals surface area (Å²) in [4.78, 5) is 2.68. The first kappa shape index (κ1) is 15.5. The average molecular weight is 274 g/mol. The minimum absolute atomic E-state index is 0.339. The van der Waals surface area contributed by atoms with Crippen LogP contribution in [0.4, 0.5) is 0 Å². The second-order valence-corrected chi connectivity index (χ2v) is 7.68. The first-order valence-corrected chi connectivity index (χ1v) is 7.89. The van der Waals surface area contributed by atoms with E-state index in [9.17, 15) is 0 Å². The summed E-state index contributed by atoms with van der Waals surface area (Å²) in [7, 11) is 0. The Morgan fingerprint density at radius 1 is 1.20 bits per heavy atom. The molecule has 2 atom stereocenters. The summed E-state index contributed by atoms with van der Waals surface area (Å²) in [5, 5.41) is 3.74. The number of hydrogen-bond donors (Lipinski definition) is 1. The Bertz CT molecular complexity index is 405. The maximum Gasteiger partial charge on any atom is 0.0473 e. The van der Waals surface area contributed by atoms with Gasteiger partial charge in [0.25, 0.3) is 0 Å². The highest BCUT2D eigenvalue weighted by Gasteiger charge is 2.32. The van der Waals surface area contributed by atoms with Crippen LogP contribution in [0.1, 0.15) is 46.2 Å². The highest BCUT2D eigenvalue weighted by atomic mass is 15.2. The Balaban J connectivity index is 2.17. The van der Waals surface area contributed by atoms with Crippen molar-refractivity contribution in [1.29, 1.82) is 0 Å². The molecule has 2 unspecified atom stereocenters. The highest BCUT2D eigenvalue weighted by molar-refractivity contribution is 5.20. The number of piperazine rings is 1. The maximum atomic E-state index is 3.74. The lowest BCUT2D eigenvalue weighted by Gasteiger charge is -2.44. The number of benzene rings is 1. The fourth-order valence-electron chi connectivity index (χ4n) is 3.07. The molecule has 0 radical (unpaired) electrons. The summed E-state index contributed by atoms with van der Waals surface area (Å²) >= 11 is 0. The van der Waals surface area contributed by atoms with E-state index >= 15 is 0 Å². The molecule has 20 heavy (non-hydrogen) atoms. The first-order valence-electron chi connectivity index (χ1n) is 7.89. The van der Waals surface area contributed by atoms with Crippen molar-refractivity contribution in [3.8, 4) is 0 Å². The van der Waals surface area contributed by atoms with Crippen molar-refractivity contribution < 1.29 is 0 Å². The van der Waals surface area contributed by atoms with Crippen LogP contribution in [0.3, 0.4) is 0 Å². The number of hydrogen-bond acceptors (Lipinski definition) is 2. The number of nitrogens with one attached hydrogen (secondary N) is 1. The van der Waals surface area contributed by atoms with Gasteiger partial charge in [-0.05, 0) is 16.9 Å². The largest absolute Gasteiger partial charge is 0.311 e. The average Bonchev–Trinajstić information content (AvgIpc) is 2.37. The van der Waals surface area contributed by atoms with Gasteiger partial charge in [0.1, 0.15) is 0 Å². The molecule has 2 nitrogen and oxygen atoms in total. The van der Waals surface area contributed by atoms with Gasteiger partial charge in [0.05, 0.1) is 0 Å². The summed E-state index contributed by atoms with van der Waals surface area (Å²) < 4.78 is 0. The predicted octanol–water partition coefficient (Wildman–Crippen LogP) is 3.70. The second-order valence-electron chi connectivity index (χ2n) is 7.68.